The van der Waals surface area contributed by atoms with Crippen molar-refractivity contribution in [1.82, 2.24) is 25.8 Å². The van der Waals surface area contributed by atoms with Gasteiger partial charge in [-0.25, -0.2) is 9.78 Å². The molecule has 3 N–H and O–H groups in total. The monoisotopic (exact) mass is 552 g/mol. The number of carbonyl (C=O) groups is 3. The molecule has 10 nitrogen and oxygen atoms in total. The van der Waals surface area contributed by atoms with Crippen molar-refractivity contribution in [3.63, 3.8) is 0 Å². The lowest BCUT2D eigenvalue weighted by Crippen LogP contribution is -2.62. The SMILES string of the molecule is C=CC(=O)N1CCC[C@@H](NC(=O)C2=C3NC(=O)N(c4cnc(OC5CCCC5)cc4C)C4CCNC(S2)C34)C1. The molecule has 208 valence electrons. The van der Waals surface area contributed by atoms with E-state index in [9.17, 15) is 14.4 Å². The summed E-state index contributed by atoms with van der Waals surface area (Å²) in [6.07, 6.45) is 10.2. The van der Waals surface area contributed by atoms with Crippen LogP contribution in [0.3, 0.4) is 0 Å². The largest absolute Gasteiger partial charge is 0.474 e. The number of urea groups is 1. The van der Waals surface area contributed by atoms with Crippen LogP contribution in [-0.2, 0) is 9.59 Å². The van der Waals surface area contributed by atoms with Crippen LogP contribution in [-0.4, -0.2) is 70.9 Å². The number of anilines is 1. The molecular formula is C28H36N6O4S. The molecule has 0 bridgehead atoms. The van der Waals surface area contributed by atoms with Crippen LogP contribution in [0.1, 0.15) is 50.5 Å². The third-order valence-electron chi connectivity index (χ3n) is 8.50. The minimum absolute atomic E-state index is 0.00830. The number of amides is 4. The van der Waals surface area contributed by atoms with Crippen LogP contribution in [0.4, 0.5) is 10.5 Å². The van der Waals surface area contributed by atoms with Crippen LogP contribution in [0, 0.1) is 12.8 Å². The van der Waals surface area contributed by atoms with Crippen LogP contribution in [0.2, 0.25) is 0 Å². The van der Waals surface area contributed by atoms with Crippen molar-refractivity contribution in [1.29, 1.82) is 0 Å². The molecule has 5 aliphatic rings. The van der Waals surface area contributed by atoms with E-state index in [1.54, 1.807) is 11.1 Å². The molecule has 1 saturated carbocycles. The van der Waals surface area contributed by atoms with Crippen molar-refractivity contribution >= 4 is 35.3 Å². The Morgan fingerprint density at radius 1 is 1.23 bits per heavy atom. The molecule has 4 amide bonds. The number of hydrogen-bond acceptors (Lipinski definition) is 7. The molecule has 3 saturated heterocycles. The summed E-state index contributed by atoms with van der Waals surface area (Å²) in [7, 11) is 0. The van der Waals surface area contributed by atoms with Crippen molar-refractivity contribution in [3.8, 4) is 5.88 Å². The van der Waals surface area contributed by atoms with Crippen molar-refractivity contribution in [2.24, 2.45) is 5.92 Å². The fourth-order valence-electron chi connectivity index (χ4n) is 6.59. The summed E-state index contributed by atoms with van der Waals surface area (Å²) in [6, 6.07) is 1.46. The van der Waals surface area contributed by atoms with Gasteiger partial charge < -0.3 is 25.6 Å². The van der Waals surface area contributed by atoms with Crippen LogP contribution in [0.5, 0.6) is 5.88 Å². The van der Waals surface area contributed by atoms with Gasteiger partial charge in [0.1, 0.15) is 6.10 Å². The Labute approximate surface area is 233 Å². The van der Waals surface area contributed by atoms with Crippen molar-refractivity contribution in [2.45, 2.75) is 75.4 Å². The number of rotatable bonds is 6. The molecule has 4 atom stereocenters. The highest BCUT2D eigenvalue weighted by atomic mass is 32.2. The molecule has 6 rings (SSSR count). The number of pyridine rings is 1. The second-order valence-corrected chi connectivity index (χ2v) is 12.2. The van der Waals surface area contributed by atoms with Crippen molar-refractivity contribution in [3.05, 3.63) is 41.1 Å². The summed E-state index contributed by atoms with van der Waals surface area (Å²) in [4.78, 5) is 47.8. The number of likely N-dealkylation sites (tertiary alicyclic amines) is 1. The van der Waals surface area contributed by atoms with E-state index in [4.69, 9.17) is 4.74 Å². The van der Waals surface area contributed by atoms with E-state index in [2.05, 4.69) is 27.5 Å². The molecule has 39 heavy (non-hydrogen) atoms. The number of ether oxygens (including phenoxy) is 1. The van der Waals surface area contributed by atoms with E-state index in [0.717, 1.165) is 49.9 Å². The van der Waals surface area contributed by atoms with E-state index < -0.39 is 0 Å². The maximum Gasteiger partial charge on any atom is 0.326 e. The van der Waals surface area contributed by atoms with E-state index in [-0.39, 0.29) is 47.3 Å². The maximum atomic E-state index is 13.6. The molecule has 0 radical (unpaired) electrons. The van der Waals surface area contributed by atoms with Gasteiger partial charge in [-0.15, -0.1) is 0 Å². The standard InChI is InChI=1S/C28H36N6O4S/c1-3-22(35)33-12-6-7-17(15-33)31-26(36)25-24-23-19(10-11-29-27(23)39-25)34(28(37)32-24)20-14-30-21(13-16(20)2)38-18-8-4-5-9-18/h3,13-14,17-19,23,27,29H,1,4-12,15H2,2H3,(H,31,36)(H,32,37)/t17-,19?,23?,27?/m1/s1. The number of carbonyl (C=O) groups excluding carboxylic acids is 3. The van der Waals surface area contributed by atoms with Gasteiger partial charge in [0.25, 0.3) is 5.91 Å². The molecule has 5 heterocycles. The first kappa shape index (κ1) is 26.2. The lowest BCUT2D eigenvalue weighted by Gasteiger charge is -2.46. The number of thioether (sulfide) groups is 1. The van der Waals surface area contributed by atoms with Crippen LogP contribution < -0.4 is 25.6 Å². The molecule has 0 aromatic carbocycles. The molecule has 4 aliphatic heterocycles. The third-order valence-corrected chi connectivity index (χ3v) is 9.85. The smallest absolute Gasteiger partial charge is 0.326 e. The molecule has 4 fully saturated rings. The first-order valence-corrected chi connectivity index (χ1v) is 14.9. The Morgan fingerprint density at radius 2 is 2.05 bits per heavy atom. The summed E-state index contributed by atoms with van der Waals surface area (Å²) in [5.41, 5.74) is 2.41. The van der Waals surface area contributed by atoms with Crippen LogP contribution in [0.15, 0.2) is 35.5 Å². The lowest BCUT2D eigenvalue weighted by atomic mass is 9.86. The fraction of sp³-hybridized carbons (Fsp3) is 0.571. The first-order valence-electron chi connectivity index (χ1n) is 14.0. The lowest BCUT2D eigenvalue weighted by molar-refractivity contribution is -0.128. The Hall–Kier alpha value is -3.05. The molecule has 3 unspecified atom stereocenters. The fourth-order valence-corrected chi connectivity index (χ4v) is 7.99. The van der Waals surface area contributed by atoms with E-state index in [1.807, 2.05) is 17.9 Å². The topological polar surface area (TPSA) is 116 Å². The van der Waals surface area contributed by atoms with Gasteiger partial charge in [-0.3, -0.25) is 14.5 Å². The van der Waals surface area contributed by atoms with Gasteiger partial charge in [-0.2, -0.15) is 0 Å². The Bertz CT molecular complexity index is 1210. The van der Waals surface area contributed by atoms with Crippen LogP contribution >= 0.6 is 11.8 Å². The summed E-state index contributed by atoms with van der Waals surface area (Å²) in [5.74, 6) is 0.256. The Morgan fingerprint density at radius 3 is 2.82 bits per heavy atom. The van der Waals surface area contributed by atoms with Gasteiger partial charge in [-0.05, 0) is 70.1 Å². The molecule has 1 aromatic heterocycles. The number of hydrogen-bond donors (Lipinski definition) is 3. The zero-order chi connectivity index (χ0) is 27.1. The summed E-state index contributed by atoms with van der Waals surface area (Å²) in [5, 5.41) is 9.73. The second-order valence-electron chi connectivity index (χ2n) is 11.1. The molecular weight excluding hydrogens is 516 g/mol. The van der Waals surface area contributed by atoms with Gasteiger partial charge in [0, 0.05) is 36.8 Å². The summed E-state index contributed by atoms with van der Waals surface area (Å²) in [6.45, 7) is 7.45. The highest BCUT2D eigenvalue weighted by molar-refractivity contribution is 8.04. The van der Waals surface area contributed by atoms with E-state index in [0.29, 0.717) is 29.6 Å². The minimum atomic E-state index is -0.241. The predicted octanol–water partition coefficient (Wildman–Crippen LogP) is 2.80. The number of nitrogens with zero attached hydrogens (tertiary/aromatic N) is 3. The van der Waals surface area contributed by atoms with Gasteiger partial charge >= 0.3 is 6.03 Å². The van der Waals surface area contributed by atoms with E-state index >= 15 is 0 Å². The Balaban J connectivity index is 1.21. The third kappa shape index (κ3) is 5.02. The van der Waals surface area contributed by atoms with Crippen molar-refractivity contribution < 1.29 is 19.1 Å². The minimum Gasteiger partial charge on any atom is -0.474 e. The quantitative estimate of drug-likeness (QED) is 0.465. The Kier molecular flexibility index (Phi) is 7.28. The highest BCUT2D eigenvalue weighted by Crippen LogP contribution is 2.48. The molecule has 0 spiro atoms. The zero-order valence-electron chi connectivity index (χ0n) is 22.3. The normalized spacial score (nSPS) is 28.7. The summed E-state index contributed by atoms with van der Waals surface area (Å²) < 4.78 is 6.08. The highest BCUT2D eigenvalue weighted by Gasteiger charge is 2.52. The average molecular weight is 553 g/mol. The zero-order valence-corrected chi connectivity index (χ0v) is 23.1. The molecule has 11 heteroatoms. The predicted molar refractivity (Wildman–Crippen MR) is 149 cm³/mol. The van der Waals surface area contributed by atoms with Gasteiger partial charge in [-0.1, -0.05) is 18.3 Å². The first-order chi connectivity index (χ1) is 18.9. The number of aryl methyl sites for hydroxylation is 1. The average Bonchev–Trinajstić information content (AvgIpc) is 3.58. The van der Waals surface area contributed by atoms with Gasteiger partial charge in [0.2, 0.25) is 11.8 Å². The van der Waals surface area contributed by atoms with Gasteiger partial charge in [0.05, 0.1) is 28.2 Å². The second kappa shape index (κ2) is 10.8. The van der Waals surface area contributed by atoms with E-state index in [1.165, 1.54) is 30.7 Å². The molecule has 1 aliphatic carbocycles. The van der Waals surface area contributed by atoms with Crippen molar-refractivity contribution in [2.75, 3.05) is 24.5 Å². The van der Waals surface area contributed by atoms with Gasteiger partial charge in [0.15, 0.2) is 0 Å². The number of aromatic nitrogens is 1. The summed E-state index contributed by atoms with van der Waals surface area (Å²) >= 11 is 1.49. The molecule has 1 aromatic rings. The number of piperidine rings is 2. The number of nitrogens with one attached hydrogen (secondary N) is 3. The van der Waals surface area contributed by atoms with Crippen LogP contribution in [0.25, 0.3) is 0 Å². The maximum absolute atomic E-state index is 13.6.